The third kappa shape index (κ3) is 6.58. The Hall–Kier alpha value is -3.28. The molecule has 0 radical (unpaired) electrons. The van der Waals surface area contributed by atoms with Crippen LogP contribution >= 0.6 is 0 Å². The summed E-state index contributed by atoms with van der Waals surface area (Å²) in [4.78, 5) is 37.6. The summed E-state index contributed by atoms with van der Waals surface area (Å²) < 4.78 is 27.5. The van der Waals surface area contributed by atoms with E-state index in [1.165, 1.54) is 12.1 Å². The lowest BCUT2D eigenvalue weighted by atomic mass is 9.98. The van der Waals surface area contributed by atoms with Crippen LogP contribution in [0.1, 0.15) is 36.8 Å². The number of aryl methyl sites for hydroxylation is 1. The highest BCUT2D eigenvalue weighted by Gasteiger charge is 2.40. The van der Waals surface area contributed by atoms with E-state index in [0.717, 1.165) is 29.3 Å². The zero-order valence-corrected chi connectivity index (χ0v) is 22.2. The molecule has 4 rings (SSSR count). The average molecular weight is 543 g/mol. The molecule has 2 aromatic rings. The Balaban J connectivity index is 1.39. The van der Waals surface area contributed by atoms with E-state index in [9.17, 15) is 27.9 Å². The predicted octanol–water partition coefficient (Wildman–Crippen LogP) is 1.90. The average Bonchev–Trinajstić information content (AvgIpc) is 3.41. The molecule has 4 N–H and O–H groups in total. The van der Waals surface area contributed by atoms with Crippen molar-refractivity contribution in [3.05, 3.63) is 59.7 Å². The summed E-state index contributed by atoms with van der Waals surface area (Å²) in [7, 11) is -3.90. The van der Waals surface area contributed by atoms with Gasteiger partial charge < -0.3 is 21.1 Å². The van der Waals surface area contributed by atoms with Gasteiger partial charge in [0.1, 0.15) is 12.1 Å². The first-order valence-electron chi connectivity index (χ1n) is 12.9. The summed E-state index contributed by atoms with van der Waals surface area (Å²) >= 11 is 0. The molecule has 0 aliphatic carbocycles. The van der Waals surface area contributed by atoms with Gasteiger partial charge in [-0.25, -0.2) is 13.2 Å². The minimum Gasteiger partial charge on any atom is -0.480 e. The van der Waals surface area contributed by atoms with Crippen molar-refractivity contribution in [1.82, 2.24) is 14.9 Å². The van der Waals surface area contributed by atoms with Gasteiger partial charge in [-0.05, 0) is 69.0 Å². The first-order chi connectivity index (χ1) is 18.1. The maximum absolute atomic E-state index is 13.2. The number of amides is 2. The molecule has 3 atom stereocenters. The number of hydrogen-bond acceptors (Lipinski definition) is 6. The van der Waals surface area contributed by atoms with Crippen molar-refractivity contribution in [2.45, 2.75) is 56.0 Å². The highest BCUT2D eigenvalue weighted by atomic mass is 32.2. The fraction of sp³-hybridized carbons (Fsp3) is 0.444. The number of piperidine rings is 1. The van der Waals surface area contributed by atoms with Crippen LogP contribution in [0.3, 0.4) is 0 Å². The van der Waals surface area contributed by atoms with Gasteiger partial charge in [0, 0.05) is 25.2 Å². The summed E-state index contributed by atoms with van der Waals surface area (Å²) in [6.45, 7) is 3.61. The lowest BCUT2D eigenvalue weighted by molar-refractivity contribution is -0.142. The fourth-order valence-electron chi connectivity index (χ4n) is 4.88. The topological polar surface area (TPSA) is 145 Å². The number of rotatable bonds is 9. The summed E-state index contributed by atoms with van der Waals surface area (Å²) in [5, 5.41) is 18.4. The van der Waals surface area contributed by atoms with Crippen molar-refractivity contribution in [3.63, 3.8) is 0 Å². The summed E-state index contributed by atoms with van der Waals surface area (Å²) in [5.74, 6) is -1.98. The summed E-state index contributed by atoms with van der Waals surface area (Å²) in [5.41, 5.74) is 2.19. The number of carboxylic acids is 1. The van der Waals surface area contributed by atoms with Crippen molar-refractivity contribution >= 4 is 33.5 Å². The largest absolute Gasteiger partial charge is 0.480 e. The van der Waals surface area contributed by atoms with Gasteiger partial charge in [-0.3, -0.25) is 9.59 Å². The maximum Gasteiger partial charge on any atom is 0.326 e. The first-order valence-corrected chi connectivity index (χ1v) is 14.3. The zero-order valence-electron chi connectivity index (χ0n) is 21.4. The third-order valence-corrected chi connectivity index (χ3v) is 9.00. The molecule has 10 nitrogen and oxygen atoms in total. The first kappa shape index (κ1) is 27.7. The van der Waals surface area contributed by atoms with Gasteiger partial charge in [0.2, 0.25) is 21.8 Å². The second-order valence-corrected chi connectivity index (χ2v) is 11.8. The van der Waals surface area contributed by atoms with Crippen molar-refractivity contribution in [3.8, 4) is 0 Å². The van der Waals surface area contributed by atoms with Crippen molar-refractivity contribution in [2.24, 2.45) is 5.92 Å². The van der Waals surface area contributed by atoms with Gasteiger partial charge >= 0.3 is 5.97 Å². The molecule has 38 heavy (non-hydrogen) atoms. The molecule has 204 valence electrons. The number of carbonyl (C=O) groups is 3. The molecular weight excluding hydrogens is 508 g/mol. The van der Waals surface area contributed by atoms with Gasteiger partial charge in [0.05, 0.1) is 10.8 Å². The lowest BCUT2D eigenvalue weighted by Crippen LogP contribution is -2.51. The number of nitrogens with zero attached hydrogens (tertiary/aromatic N) is 1. The van der Waals surface area contributed by atoms with Gasteiger partial charge in [-0.1, -0.05) is 29.8 Å². The molecule has 0 aromatic heterocycles. The molecule has 2 aliphatic heterocycles. The highest BCUT2D eigenvalue weighted by Crippen LogP contribution is 2.27. The molecule has 2 aromatic carbocycles. The van der Waals surface area contributed by atoms with Crippen LogP contribution in [0.25, 0.3) is 0 Å². The van der Waals surface area contributed by atoms with Crippen LogP contribution in [0.2, 0.25) is 0 Å². The van der Waals surface area contributed by atoms with Crippen LogP contribution in [0.5, 0.6) is 0 Å². The van der Waals surface area contributed by atoms with Crippen LogP contribution in [0.15, 0.2) is 53.4 Å². The Morgan fingerprint density at radius 2 is 1.74 bits per heavy atom. The van der Waals surface area contributed by atoms with Crippen LogP contribution in [0.4, 0.5) is 5.69 Å². The number of nitrogens with one attached hydrogen (secondary N) is 3. The molecule has 0 spiro atoms. The number of aliphatic carboxylic acids is 1. The molecule has 3 unspecified atom stereocenters. The van der Waals surface area contributed by atoms with Gasteiger partial charge in [0.25, 0.3) is 0 Å². The molecule has 2 fully saturated rings. The second-order valence-electron chi connectivity index (χ2n) is 9.92. The predicted molar refractivity (Wildman–Crippen MR) is 142 cm³/mol. The zero-order chi connectivity index (χ0) is 27.3. The standard InChI is InChI=1S/C27H34N4O6S/c1-18-6-12-22(13-7-18)38(36,37)31-15-3-5-24(31)26(33)30-23(27(34)35)16-19-8-10-21(11-9-19)29-25(32)20-4-2-14-28-17-20/h6-13,20,23-24,28H,2-5,14-17H2,1H3,(H,29,32)(H,30,33)(H,34,35). The fourth-order valence-corrected chi connectivity index (χ4v) is 6.54. The molecule has 2 amide bonds. The van der Waals surface area contributed by atoms with Crippen molar-refractivity contribution in [2.75, 3.05) is 25.0 Å². The van der Waals surface area contributed by atoms with Crippen LogP contribution in [-0.2, 0) is 30.8 Å². The van der Waals surface area contributed by atoms with Crippen LogP contribution in [0, 0.1) is 12.8 Å². The number of sulfonamides is 1. The number of benzene rings is 2. The Morgan fingerprint density at radius 3 is 2.37 bits per heavy atom. The molecule has 0 saturated carbocycles. The quantitative estimate of drug-likeness (QED) is 0.379. The Labute approximate surface area is 222 Å². The Kier molecular flexibility index (Phi) is 8.80. The van der Waals surface area contributed by atoms with Crippen LogP contribution in [-0.4, -0.2) is 67.3 Å². The van der Waals surface area contributed by atoms with Gasteiger partial charge in [-0.15, -0.1) is 0 Å². The highest BCUT2D eigenvalue weighted by molar-refractivity contribution is 7.89. The molecule has 2 saturated heterocycles. The van der Waals surface area contributed by atoms with E-state index >= 15 is 0 Å². The molecule has 2 aliphatic rings. The third-order valence-electron chi connectivity index (χ3n) is 7.08. The van der Waals surface area contributed by atoms with E-state index in [1.54, 1.807) is 36.4 Å². The number of hydrogen-bond donors (Lipinski definition) is 4. The molecular formula is C27H34N4O6S. The van der Waals surface area contributed by atoms with E-state index in [2.05, 4.69) is 16.0 Å². The maximum atomic E-state index is 13.2. The lowest BCUT2D eigenvalue weighted by Gasteiger charge is -2.25. The van der Waals surface area contributed by atoms with E-state index in [0.29, 0.717) is 30.6 Å². The van der Waals surface area contributed by atoms with Gasteiger partial charge in [-0.2, -0.15) is 4.31 Å². The van der Waals surface area contributed by atoms with E-state index in [1.807, 2.05) is 6.92 Å². The molecule has 11 heteroatoms. The summed E-state index contributed by atoms with van der Waals surface area (Å²) in [6, 6.07) is 11.0. The summed E-state index contributed by atoms with van der Waals surface area (Å²) in [6.07, 6.45) is 2.62. The monoisotopic (exact) mass is 542 g/mol. The number of carbonyl (C=O) groups excluding carboxylic acids is 2. The normalized spacial score (nSPS) is 21.0. The van der Waals surface area contributed by atoms with Crippen LogP contribution < -0.4 is 16.0 Å². The molecule has 0 bridgehead atoms. The Bertz CT molecular complexity index is 1260. The second kappa shape index (κ2) is 12.1. The Morgan fingerprint density at radius 1 is 1.03 bits per heavy atom. The number of carboxylic acid groups (broad SMARTS) is 1. The van der Waals surface area contributed by atoms with E-state index in [-0.39, 0.29) is 29.7 Å². The van der Waals surface area contributed by atoms with E-state index in [4.69, 9.17) is 0 Å². The number of anilines is 1. The molecule has 2 heterocycles. The van der Waals surface area contributed by atoms with Gasteiger partial charge in [0.15, 0.2) is 0 Å². The van der Waals surface area contributed by atoms with Crippen molar-refractivity contribution in [1.29, 1.82) is 0 Å². The van der Waals surface area contributed by atoms with Crippen molar-refractivity contribution < 1.29 is 27.9 Å². The minimum absolute atomic E-state index is 0.0132. The smallest absolute Gasteiger partial charge is 0.326 e. The van der Waals surface area contributed by atoms with E-state index < -0.39 is 34.0 Å². The SMILES string of the molecule is Cc1ccc(S(=O)(=O)N2CCCC2C(=O)NC(Cc2ccc(NC(=O)C3CCCNC3)cc2)C(=O)O)cc1. The minimum atomic E-state index is -3.90.